The molecule has 0 bridgehead atoms. The van der Waals surface area contributed by atoms with Crippen molar-refractivity contribution >= 4 is 18.7 Å². The fourth-order valence-corrected chi connectivity index (χ4v) is 0. The summed E-state index contributed by atoms with van der Waals surface area (Å²) in [6.45, 7) is 4.50. The second-order valence-corrected chi connectivity index (χ2v) is 0.575. The summed E-state index contributed by atoms with van der Waals surface area (Å²) in [5.74, 6) is -4.37. The molecule has 0 aromatic heterocycles. The van der Waals surface area contributed by atoms with Crippen molar-refractivity contribution in [2.45, 2.75) is 0 Å². The number of hydrogen-bond acceptors (Lipinski definition) is 5. The molecule has 0 N–H and O–H groups in total. The normalized spacial score (nSPS) is 6.25. The summed E-state index contributed by atoms with van der Waals surface area (Å²) in [4.78, 5) is 25.4. The molecular formula is C3O5. The molecule has 0 amide bonds. The topological polar surface area (TPSA) is 97.3 Å². The SMILES string of the molecule is O=C([O-])C(=O)[O-].[C+2]=O. The van der Waals surface area contributed by atoms with Gasteiger partial charge in [-0.15, -0.1) is 0 Å². The van der Waals surface area contributed by atoms with Crippen molar-refractivity contribution in [3.63, 3.8) is 0 Å². The maximum absolute atomic E-state index is 8.93. The number of carboxylic acid groups (broad SMARTS) is 2. The summed E-state index contributed by atoms with van der Waals surface area (Å²) in [5.41, 5.74) is 0. The molecule has 0 radical (unpaired) electrons. The molecule has 0 saturated carbocycles. The molecule has 0 aromatic rings. The van der Waals surface area contributed by atoms with E-state index in [4.69, 9.17) is 24.6 Å². The van der Waals surface area contributed by atoms with Gasteiger partial charge in [-0.2, -0.15) is 0 Å². The summed E-state index contributed by atoms with van der Waals surface area (Å²) >= 11 is 0. The van der Waals surface area contributed by atoms with Gasteiger partial charge in [0.25, 0.3) is 0 Å². The molecular weight excluding hydrogens is 116 g/mol. The standard InChI is InChI=1S/C2H2O4.CO/c3-1(4)2(5)6;1-2/h(H,3,4)(H,5,6);/q;+2/p-2. The first kappa shape index (κ1) is 9.88. The van der Waals surface area contributed by atoms with Crippen LogP contribution in [0.4, 0.5) is 0 Å². The van der Waals surface area contributed by atoms with Crippen molar-refractivity contribution in [3.05, 3.63) is 0 Å². The van der Waals surface area contributed by atoms with Crippen molar-refractivity contribution in [1.29, 1.82) is 0 Å². The summed E-state index contributed by atoms with van der Waals surface area (Å²) in [6.07, 6.45) is 0. The Kier molecular flexibility index (Phi) is 7.09. The van der Waals surface area contributed by atoms with E-state index in [-0.39, 0.29) is 0 Å². The van der Waals surface area contributed by atoms with Gasteiger partial charge in [0, 0.05) is 0 Å². The Hall–Kier alpha value is -1.26. The third kappa shape index (κ3) is 8.83. The molecule has 0 aliphatic heterocycles. The molecule has 0 heterocycles. The van der Waals surface area contributed by atoms with Crippen LogP contribution in [0.15, 0.2) is 0 Å². The zero-order chi connectivity index (χ0) is 7.15. The van der Waals surface area contributed by atoms with Gasteiger partial charge in [-0.05, 0) is 0 Å². The van der Waals surface area contributed by atoms with Gasteiger partial charge in [0.1, 0.15) is 0 Å². The van der Waals surface area contributed by atoms with Gasteiger partial charge in [-0.25, -0.2) is 0 Å². The van der Waals surface area contributed by atoms with Gasteiger partial charge in [-0.1, -0.05) is 0 Å². The van der Waals surface area contributed by atoms with E-state index in [0.29, 0.717) is 0 Å². The van der Waals surface area contributed by atoms with E-state index in [1.165, 1.54) is 0 Å². The Morgan fingerprint density at radius 1 is 1.00 bits per heavy atom. The zero-order valence-electron chi connectivity index (χ0n) is 3.54. The van der Waals surface area contributed by atoms with Crippen LogP contribution in [0.5, 0.6) is 0 Å². The minimum atomic E-state index is -2.19. The molecule has 0 aromatic carbocycles. The van der Waals surface area contributed by atoms with Crippen LogP contribution in [0, 0.1) is 0 Å². The molecule has 8 heavy (non-hydrogen) atoms. The third-order valence-corrected chi connectivity index (χ3v) is 0.167. The molecule has 5 heteroatoms. The van der Waals surface area contributed by atoms with Crippen LogP contribution in [0.1, 0.15) is 0 Å². The molecule has 0 saturated heterocycles. The fourth-order valence-electron chi connectivity index (χ4n) is 0. The quantitative estimate of drug-likeness (QED) is 0.301. The molecule has 0 atom stereocenters. The molecule has 0 aliphatic carbocycles. The Morgan fingerprint density at radius 3 is 1.12 bits per heavy atom. The molecule has 5 nitrogen and oxygen atoms in total. The van der Waals surface area contributed by atoms with Crippen LogP contribution >= 0.6 is 0 Å². The molecule has 42 valence electrons. The summed E-state index contributed by atoms with van der Waals surface area (Å²) in [6, 6.07) is 0. The average molecular weight is 116 g/mol. The van der Waals surface area contributed by atoms with E-state index in [1.54, 1.807) is 0 Å². The zero-order valence-corrected chi connectivity index (χ0v) is 3.54. The molecule has 0 unspecified atom stereocenters. The van der Waals surface area contributed by atoms with Crippen LogP contribution in [0.25, 0.3) is 0 Å². The first-order chi connectivity index (χ1) is 3.64. The third-order valence-electron chi connectivity index (χ3n) is 0.167. The first-order valence-corrected chi connectivity index (χ1v) is 1.27. The van der Waals surface area contributed by atoms with E-state index >= 15 is 0 Å². The number of rotatable bonds is 0. The number of hydrogen-bond donors (Lipinski definition) is 0. The monoisotopic (exact) mass is 116 g/mol. The fraction of sp³-hybridized carbons (Fsp3) is 0. The molecule has 0 spiro atoms. The van der Waals surface area contributed by atoms with Crippen LogP contribution in [0.3, 0.4) is 0 Å². The van der Waals surface area contributed by atoms with Gasteiger partial charge >= 0.3 is 11.6 Å². The Labute approximate surface area is 44.5 Å². The second kappa shape index (κ2) is 5.74. The van der Waals surface area contributed by atoms with E-state index in [9.17, 15) is 0 Å². The predicted molar refractivity (Wildman–Crippen MR) is 15.7 cm³/mol. The predicted octanol–water partition coefficient (Wildman–Crippen LogP) is -3.91. The Morgan fingerprint density at radius 2 is 1.12 bits per heavy atom. The van der Waals surface area contributed by atoms with Gasteiger partial charge in [0.05, 0.1) is 11.9 Å². The Balaban J connectivity index is 0. The maximum atomic E-state index is 8.93. The van der Waals surface area contributed by atoms with Gasteiger partial charge in [-0.3, -0.25) is 0 Å². The van der Waals surface area contributed by atoms with E-state index in [0.717, 1.165) is 0 Å². The summed E-state index contributed by atoms with van der Waals surface area (Å²) in [7, 11) is 0. The molecule has 0 aliphatic rings. The van der Waals surface area contributed by atoms with Crippen molar-refractivity contribution in [2.75, 3.05) is 0 Å². The van der Waals surface area contributed by atoms with E-state index in [1.807, 2.05) is 0 Å². The van der Waals surface area contributed by atoms with Crippen molar-refractivity contribution < 1.29 is 24.6 Å². The van der Waals surface area contributed by atoms with Gasteiger partial charge < -0.3 is 19.8 Å². The van der Waals surface area contributed by atoms with E-state index < -0.39 is 11.9 Å². The average Bonchev–Trinajstić information content (AvgIpc) is 1.72. The summed E-state index contributed by atoms with van der Waals surface area (Å²) in [5, 5.41) is 17.9. The van der Waals surface area contributed by atoms with Crippen LogP contribution < -0.4 is 10.2 Å². The number of carbonyl (C=O) groups is 2. The number of carbonyl (C=O) groups excluding carboxylic acids is 3. The molecule has 0 fully saturated rings. The first-order valence-electron chi connectivity index (χ1n) is 1.27. The van der Waals surface area contributed by atoms with E-state index in [2.05, 4.69) is 6.79 Å². The molecule has 0 rings (SSSR count). The van der Waals surface area contributed by atoms with Crippen LogP contribution in [-0.4, -0.2) is 18.7 Å². The summed E-state index contributed by atoms with van der Waals surface area (Å²) < 4.78 is 0. The number of carboxylic acids is 2. The van der Waals surface area contributed by atoms with Crippen molar-refractivity contribution in [1.82, 2.24) is 0 Å². The van der Waals surface area contributed by atoms with Gasteiger partial charge in [0.2, 0.25) is 0 Å². The number of aliphatic carboxylic acids is 2. The van der Waals surface area contributed by atoms with Crippen molar-refractivity contribution in [2.24, 2.45) is 0 Å². The Bertz CT molecular complexity index is 83.8. The van der Waals surface area contributed by atoms with Crippen LogP contribution in [-0.2, 0) is 14.4 Å². The minimum absolute atomic E-state index is 2.19. The van der Waals surface area contributed by atoms with Crippen molar-refractivity contribution in [3.8, 4) is 0 Å². The van der Waals surface area contributed by atoms with Gasteiger partial charge in [0.15, 0.2) is 0 Å². The second-order valence-electron chi connectivity index (χ2n) is 0.575. The van der Waals surface area contributed by atoms with Crippen LogP contribution in [0.2, 0.25) is 0 Å².